The largest absolute Gasteiger partial charge is 0.360 e. The predicted octanol–water partition coefficient (Wildman–Crippen LogP) is 2.50. The molecule has 0 atom stereocenters. The van der Waals surface area contributed by atoms with Crippen molar-refractivity contribution in [1.29, 1.82) is 0 Å². The first-order valence-electron chi connectivity index (χ1n) is 6.87. The van der Waals surface area contributed by atoms with Gasteiger partial charge in [-0.1, -0.05) is 24.3 Å². The van der Waals surface area contributed by atoms with E-state index in [1.54, 1.807) is 38.5 Å². The van der Waals surface area contributed by atoms with Crippen molar-refractivity contribution >= 4 is 22.6 Å². The highest BCUT2D eigenvalue weighted by Crippen LogP contribution is 2.20. The van der Waals surface area contributed by atoms with Crippen LogP contribution in [0.1, 0.15) is 26.5 Å². The summed E-state index contributed by atoms with van der Waals surface area (Å²) >= 11 is 0. The van der Waals surface area contributed by atoms with Crippen LogP contribution in [0.4, 0.5) is 0 Å². The van der Waals surface area contributed by atoms with Crippen LogP contribution in [0.25, 0.3) is 10.9 Å². The lowest BCUT2D eigenvalue weighted by atomic mass is 10.1. The zero-order chi connectivity index (χ0) is 15.7. The third-order valence-electron chi connectivity index (χ3n) is 3.44. The van der Waals surface area contributed by atoms with Gasteiger partial charge < -0.3 is 9.88 Å². The van der Waals surface area contributed by atoms with Crippen LogP contribution >= 0.6 is 0 Å². The van der Waals surface area contributed by atoms with Crippen LogP contribution in [-0.2, 0) is 0 Å². The number of aromatic amines is 1. The highest BCUT2D eigenvalue weighted by atomic mass is 16.2. The van der Waals surface area contributed by atoms with Crippen LogP contribution in [0, 0.1) is 0 Å². The summed E-state index contributed by atoms with van der Waals surface area (Å²) in [6, 6.07) is 12.5. The van der Waals surface area contributed by atoms with E-state index in [2.05, 4.69) is 9.97 Å². The Balaban J connectivity index is 2.02. The van der Waals surface area contributed by atoms with Gasteiger partial charge in [-0.3, -0.25) is 9.59 Å². The Bertz CT molecular complexity index is 865. The van der Waals surface area contributed by atoms with Crippen molar-refractivity contribution < 1.29 is 9.59 Å². The lowest BCUT2D eigenvalue weighted by Gasteiger charge is -2.09. The van der Waals surface area contributed by atoms with Gasteiger partial charge in [-0.25, -0.2) is 4.98 Å². The number of rotatable bonds is 3. The zero-order valence-corrected chi connectivity index (χ0v) is 12.3. The molecule has 1 aromatic carbocycles. The number of nitrogens with one attached hydrogen (secondary N) is 1. The molecule has 0 aliphatic rings. The summed E-state index contributed by atoms with van der Waals surface area (Å²) in [6.45, 7) is 0. The number of H-pyrrole nitrogens is 1. The van der Waals surface area contributed by atoms with Crippen molar-refractivity contribution in [2.45, 2.75) is 0 Å². The van der Waals surface area contributed by atoms with E-state index in [1.165, 1.54) is 4.90 Å². The summed E-state index contributed by atoms with van der Waals surface area (Å²) in [6.07, 6.45) is 1.68. The van der Waals surface area contributed by atoms with E-state index in [1.807, 2.05) is 24.3 Å². The molecule has 0 fully saturated rings. The number of hydrogen-bond donors (Lipinski definition) is 1. The Morgan fingerprint density at radius 1 is 1.00 bits per heavy atom. The van der Waals surface area contributed by atoms with Gasteiger partial charge in [0.15, 0.2) is 0 Å². The molecule has 3 rings (SSSR count). The Kier molecular flexibility index (Phi) is 3.47. The fourth-order valence-electron chi connectivity index (χ4n) is 2.31. The van der Waals surface area contributed by atoms with E-state index in [0.29, 0.717) is 5.56 Å². The molecule has 0 aliphatic heterocycles. The number of aromatic nitrogens is 2. The van der Waals surface area contributed by atoms with Crippen molar-refractivity contribution in [3.05, 3.63) is 65.6 Å². The second-order valence-corrected chi connectivity index (χ2v) is 5.18. The minimum atomic E-state index is -0.228. The van der Waals surface area contributed by atoms with Gasteiger partial charge in [-0.2, -0.15) is 0 Å². The van der Waals surface area contributed by atoms with E-state index in [9.17, 15) is 9.59 Å². The molecule has 5 nitrogen and oxygen atoms in total. The number of carbonyl (C=O) groups excluding carboxylic acids is 2. The van der Waals surface area contributed by atoms with Crippen LogP contribution < -0.4 is 0 Å². The van der Waals surface area contributed by atoms with E-state index < -0.39 is 0 Å². The number of carbonyl (C=O) groups is 2. The normalized spacial score (nSPS) is 10.6. The molecule has 1 N–H and O–H groups in total. The number of ketones is 1. The van der Waals surface area contributed by atoms with Crippen LogP contribution in [0.2, 0.25) is 0 Å². The van der Waals surface area contributed by atoms with Crippen molar-refractivity contribution in [2.75, 3.05) is 14.1 Å². The molecule has 0 saturated heterocycles. The molecule has 1 amide bonds. The van der Waals surface area contributed by atoms with E-state index >= 15 is 0 Å². The highest BCUT2D eigenvalue weighted by Gasteiger charge is 2.17. The molecule has 2 aromatic heterocycles. The van der Waals surface area contributed by atoms with Crippen LogP contribution in [0.5, 0.6) is 0 Å². The molecular formula is C17H15N3O2. The standard InChI is InChI=1S/C17H15N3O2/c1-20(2)17(22)15-9-5-8-14(19-15)16(21)12-10-18-13-7-4-3-6-11(12)13/h3-10,18H,1-2H3. The third-order valence-corrected chi connectivity index (χ3v) is 3.44. The molecule has 5 heteroatoms. The number of amides is 1. The van der Waals surface area contributed by atoms with Crippen molar-refractivity contribution in [3.63, 3.8) is 0 Å². The highest BCUT2D eigenvalue weighted by molar-refractivity contribution is 6.15. The number of hydrogen-bond acceptors (Lipinski definition) is 3. The van der Waals surface area contributed by atoms with Crippen LogP contribution in [0.3, 0.4) is 0 Å². The molecule has 22 heavy (non-hydrogen) atoms. The van der Waals surface area contributed by atoms with Crippen LogP contribution in [0.15, 0.2) is 48.7 Å². The van der Waals surface area contributed by atoms with Gasteiger partial charge in [-0.15, -0.1) is 0 Å². The molecule has 0 radical (unpaired) electrons. The number of nitrogens with zero attached hydrogens (tertiary/aromatic N) is 2. The van der Waals surface area contributed by atoms with Gasteiger partial charge in [0.1, 0.15) is 11.4 Å². The lowest BCUT2D eigenvalue weighted by Crippen LogP contribution is -2.23. The van der Waals surface area contributed by atoms with Gasteiger partial charge in [0.2, 0.25) is 5.78 Å². The Labute approximate surface area is 127 Å². The molecule has 0 saturated carbocycles. The Morgan fingerprint density at radius 3 is 2.50 bits per heavy atom. The molecule has 2 heterocycles. The molecule has 110 valence electrons. The Hall–Kier alpha value is -2.95. The van der Waals surface area contributed by atoms with Crippen molar-refractivity contribution in [1.82, 2.24) is 14.9 Å². The molecule has 0 spiro atoms. The monoisotopic (exact) mass is 293 g/mol. The first kappa shape index (κ1) is 14.0. The summed E-state index contributed by atoms with van der Waals surface area (Å²) in [5, 5.41) is 0.846. The fourth-order valence-corrected chi connectivity index (χ4v) is 2.31. The maximum atomic E-state index is 12.7. The third kappa shape index (κ3) is 2.37. The smallest absolute Gasteiger partial charge is 0.271 e. The topological polar surface area (TPSA) is 66.1 Å². The summed E-state index contributed by atoms with van der Waals surface area (Å²) in [7, 11) is 3.30. The minimum Gasteiger partial charge on any atom is -0.360 e. The number of pyridine rings is 1. The second kappa shape index (κ2) is 5.44. The summed E-state index contributed by atoms with van der Waals surface area (Å²) in [5.74, 6) is -0.431. The summed E-state index contributed by atoms with van der Waals surface area (Å²) in [5.41, 5.74) is 1.97. The van der Waals surface area contributed by atoms with Gasteiger partial charge in [0, 0.05) is 36.8 Å². The summed E-state index contributed by atoms with van der Waals surface area (Å²) < 4.78 is 0. The Morgan fingerprint density at radius 2 is 1.73 bits per heavy atom. The second-order valence-electron chi connectivity index (χ2n) is 5.18. The maximum Gasteiger partial charge on any atom is 0.271 e. The lowest BCUT2D eigenvalue weighted by molar-refractivity contribution is 0.0822. The van der Waals surface area contributed by atoms with Gasteiger partial charge >= 0.3 is 0 Å². The first-order chi connectivity index (χ1) is 10.6. The average molecular weight is 293 g/mol. The molecule has 3 aromatic rings. The molecule has 0 aliphatic carbocycles. The van der Waals surface area contributed by atoms with Crippen molar-refractivity contribution in [2.24, 2.45) is 0 Å². The summed E-state index contributed by atoms with van der Waals surface area (Å²) in [4.78, 5) is 33.3. The fraction of sp³-hybridized carbons (Fsp3) is 0.118. The van der Waals surface area contributed by atoms with E-state index in [4.69, 9.17) is 0 Å². The molecule has 0 bridgehead atoms. The van der Waals surface area contributed by atoms with Gasteiger partial charge in [-0.05, 0) is 18.2 Å². The van der Waals surface area contributed by atoms with Crippen molar-refractivity contribution in [3.8, 4) is 0 Å². The number of benzene rings is 1. The maximum absolute atomic E-state index is 12.7. The average Bonchev–Trinajstić information content (AvgIpc) is 2.97. The van der Waals surface area contributed by atoms with Gasteiger partial charge in [0.05, 0.1) is 0 Å². The number of fused-ring (bicyclic) bond motifs is 1. The van der Waals surface area contributed by atoms with E-state index in [-0.39, 0.29) is 23.1 Å². The zero-order valence-electron chi connectivity index (χ0n) is 12.3. The van der Waals surface area contributed by atoms with E-state index in [0.717, 1.165) is 10.9 Å². The number of para-hydroxylation sites is 1. The SMILES string of the molecule is CN(C)C(=O)c1cccc(C(=O)c2c[nH]c3ccccc23)n1. The quantitative estimate of drug-likeness (QED) is 0.754. The molecular weight excluding hydrogens is 278 g/mol. The predicted molar refractivity (Wildman–Crippen MR) is 84.0 cm³/mol. The van der Waals surface area contributed by atoms with Crippen LogP contribution in [-0.4, -0.2) is 40.7 Å². The molecule has 0 unspecified atom stereocenters. The minimum absolute atomic E-state index is 0.203. The first-order valence-corrected chi connectivity index (χ1v) is 6.87. The van der Waals surface area contributed by atoms with Gasteiger partial charge in [0.25, 0.3) is 5.91 Å².